The summed E-state index contributed by atoms with van der Waals surface area (Å²) in [6, 6.07) is -0.0255. The van der Waals surface area contributed by atoms with E-state index in [2.05, 4.69) is 15.5 Å². The van der Waals surface area contributed by atoms with Gasteiger partial charge in [0.05, 0.1) is 11.4 Å². The van der Waals surface area contributed by atoms with Crippen LogP contribution < -0.4 is 5.32 Å². The number of piperazine rings is 1. The topological polar surface area (TPSA) is 78.1 Å². The van der Waals surface area contributed by atoms with Crippen LogP contribution in [0.3, 0.4) is 0 Å². The molecule has 1 aromatic rings. The summed E-state index contributed by atoms with van der Waals surface area (Å²) in [5.41, 5.74) is 1.14. The SMILES string of the molecule is Cc1n[nH]c(C)c1S(=O)(=O)N1CCNCC1C.Cl. The van der Waals surface area contributed by atoms with Crippen LogP contribution in [0.15, 0.2) is 4.90 Å². The molecule has 1 aliphatic heterocycles. The quantitative estimate of drug-likeness (QED) is 0.829. The molecule has 1 fully saturated rings. The Labute approximate surface area is 114 Å². The molecule has 0 bridgehead atoms. The lowest BCUT2D eigenvalue weighted by molar-refractivity contribution is 0.283. The second-order valence-corrected chi connectivity index (χ2v) is 6.26. The van der Waals surface area contributed by atoms with Gasteiger partial charge in [-0.15, -0.1) is 12.4 Å². The van der Waals surface area contributed by atoms with Crippen LogP contribution in [0, 0.1) is 13.8 Å². The fraction of sp³-hybridized carbons (Fsp3) is 0.700. The molecule has 1 aromatic heterocycles. The van der Waals surface area contributed by atoms with Gasteiger partial charge in [0, 0.05) is 25.7 Å². The molecule has 1 atom stereocenters. The Balaban J connectivity index is 0.00000162. The number of hydrogen-bond acceptors (Lipinski definition) is 4. The van der Waals surface area contributed by atoms with Crippen LogP contribution in [0.5, 0.6) is 0 Å². The van der Waals surface area contributed by atoms with Crippen LogP contribution in [0.25, 0.3) is 0 Å². The van der Waals surface area contributed by atoms with Gasteiger partial charge in [0.15, 0.2) is 0 Å². The third-order valence-electron chi connectivity index (χ3n) is 3.07. The van der Waals surface area contributed by atoms with E-state index in [4.69, 9.17) is 0 Å². The molecule has 0 amide bonds. The van der Waals surface area contributed by atoms with E-state index in [9.17, 15) is 8.42 Å². The number of hydrogen-bond donors (Lipinski definition) is 2. The van der Waals surface area contributed by atoms with Crippen LogP contribution >= 0.6 is 12.4 Å². The van der Waals surface area contributed by atoms with Crippen molar-refractivity contribution in [1.82, 2.24) is 19.8 Å². The smallest absolute Gasteiger partial charge is 0.247 e. The summed E-state index contributed by atoms with van der Waals surface area (Å²) in [5.74, 6) is 0. The lowest BCUT2D eigenvalue weighted by Crippen LogP contribution is -2.52. The van der Waals surface area contributed by atoms with E-state index in [0.29, 0.717) is 35.9 Å². The van der Waals surface area contributed by atoms with Crippen LogP contribution in [-0.4, -0.2) is 48.6 Å². The highest BCUT2D eigenvalue weighted by molar-refractivity contribution is 7.89. The standard InChI is InChI=1S/C10H18N4O2S.ClH/c1-7-6-11-4-5-14(7)17(15,16)10-8(2)12-13-9(10)3;/h7,11H,4-6H2,1-3H3,(H,12,13);1H. The van der Waals surface area contributed by atoms with Gasteiger partial charge < -0.3 is 5.32 Å². The minimum atomic E-state index is -3.43. The fourth-order valence-electron chi connectivity index (χ4n) is 2.22. The molecular weight excluding hydrogens is 276 g/mol. The summed E-state index contributed by atoms with van der Waals surface area (Å²) >= 11 is 0. The van der Waals surface area contributed by atoms with Crippen molar-refractivity contribution in [2.45, 2.75) is 31.7 Å². The van der Waals surface area contributed by atoms with Gasteiger partial charge in [-0.05, 0) is 20.8 Å². The van der Waals surface area contributed by atoms with Gasteiger partial charge in [0.1, 0.15) is 4.90 Å². The first kappa shape index (κ1) is 15.4. The van der Waals surface area contributed by atoms with Crippen molar-refractivity contribution in [2.24, 2.45) is 0 Å². The number of sulfonamides is 1. The molecular formula is C10H19ClN4O2S. The molecule has 1 unspecified atom stereocenters. The highest BCUT2D eigenvalue weighted by Crippen LogP contribution is 2.23. The van der Waals surface area contributed by atoms with Crippen molar-refractivity contribution < 1.29 is 8.42 Å². The molecule has 6 nitrogen and oxygen atoms in total. The molecule has 8 heteroatoms. The average Bonchev–Trinajstić information content (AvgIpc) is 2.59. The molecule has 2 heterocycles. The predicted octanol–water partition coefficient (Wildman–Crippen LogP) is 0.431. The molecule has 1 aliphatic rings. The first-order chi connectivity index (χ1) is 7.94. The van der Waals surface area contributed by atoms with E-state index in [1.807, 2.05) is 6.92 Å². The largest absolute Gasteiger partial charge is 0.314 e. The van der Waals surface area contributed by atoms with E-state index in [1.165, 1.54) is 0 Å². The molecule has 0 saturated carbocycles. The van der Waals surface area contributed by atoms with Crippen molar-refractivity contribution >= 4 is 22.4 Å². The Morgan fingerprint density at radius 3 is 2.56 bits per heavy atom. The Bertz CT molecular complexity index is 494. The number of H-pyrrole nitrogens is 1. The number of halogens is 1. The third kappa shape index (κ3) is 2.54. The number of rotatable bonds is 2. The van der Waals surface area contributed by atoms with Gasteiger partial charge >= 0.3 is 0 Å². The zero-order valence-corrected chi connectivity index (χ0v) is 12.4. The summed E-state index contributed by atoms with van der Waals surface area (Å²) in [4.78, 5) is 0.325. The Morgan fingerprint density at radius 2 is 2.06 bits per heavy atom. The van der Waals surface area contributed by atoms with E-state index < -0.39 is 10.0 Å². The molecule has 0 spiro atoms. The molecule has 2 N–H and O–H groups in total. The maximum atomic E-state index is 12.5. The van der Waals surface area contributed by atoms with Crippen molar-refractivity contribution in [3.05, 3.63) is 11.4 Å². The molecule has 0 aromatic carbocycles. The Kier molecular flexibility index (Phi) is 4.77. The highest BCUT2D eigenvalue weighted by atomic mass is 35.5. The lowest BCUT2D eigenvalue weighted by atomic mass is 10.3. The van der Waals surface area contributed by atoms with E-state index in [0.717, 1.165) is 0 Å². The number of nitrogens with zero attached hydrogens (tertiary/aromatic N) is 2. The van der Waals surface area contributed by atoms with E-state index >= 15 is 0 Å². The van der Waals surface area contributed by atoms with Gasteiger partial charge in [-0.2, -0.15) is 9.40 Å². The summed E-state index contributed by atoms with van der Waals surface area (Å²) in [6.07, 6.45) is 0. The first-order valence-electron chi connectivity index (χ1n) is 5.68. The summed E-state index contributed by atoms with van der Waals surface area (Å²) in [5, 5.41) is 9.86. The van der Waals surface area contributed by atoms with Crippen LogP contribution in [-0.2, 0) is 10.0 Å². The summed E-state index contributed by atoms with van der Waals surface area (Å²) in [7, 11) is -3.43. The minimum Gasteiger partial charge on any atom is -0.314 e. The number of aromatic nitrogens is 2. The van der Waals surface area contributed by atoms with Gasteiger partial charge in [-0.1, -0.05) is 0 Å². The molecule has 0 radical (unpaired) electrons. The zero-order valence-electron chi connectivity index (χ0n) is 10.7. The van der Waals surface area contributed by atoms with Gasteiger partial charge in [0.2, 0.25) is 10.0 Å². The first-order valence-corrected chi connectivity index (χ1v) is 7.12. The number of nitrogens with one attached hydrogen (secondary N) is 2. The minimum absolute atomic E-state index is 0. The second kappa shape index (κ2) is 5.56. The molecule has 18 heavy (non-hydrogen) atoms. The number of aromatic amines is 1. The summed E-state index contributed by atoms with van der Waals surface area (Å²) < 4.78 is 26.6. The predicted molar refractivity (Wildman–Crippen MR) is 71.5 cm³/mol. The monoisotopic (exact) mass is 294 g/mol. The van der Waals surface area contributed by atoms with Crippen molar-refractivity contribution in [1.29, 1.82) is 0 Å². The van der Waals surface area contributed by atoms with Crippen LogP contribution in [0.4, 0.5) is 0 Å². The van der Waals surface area contributed by atoms with Crippen molar-refractivity contribution in [3.8, 4) is 0 Å². The van der Waals surface area contributed by atoms with Crippen molar-refractivity contribution in [2.75, 3.05) is 19.6 Å². The van der Waals surface area contributed by atoms with Gasteiger partial charge in [-0.25, -0.2) is 8.42 Å². The van der Waals surface area contributed by atoms with Crippen LogP contribution in [0.1, 0.15) is 18.3 Å². The van der Waals surface area contributed by atoms with E-state index in [-0.39, 0.29) is 18.4 Å². The molecule has 1 saturated heterocycles. The maximum Gasteiger partial charge on any atom is 0.247 e. The van der Waals surface area contributed by atoms with E-state index in [1.54, 1.807) is 18.2 Å². The zero-order chi connectivity index (χ0) is 12.6. The maximum absolute atomic E-state index is 12.5. The fourth-order valence-corrected chi connectivity index (χ4v) is 4.18. The van der Waals surface area contributed by atoms with Gasteiger partial charge in [-0.3, -0.25) is 5.10 Å². The number of aryl methyl sites for hydroxylation is 2. The van der Waals surface area contributed by atoms with Crippen molar-refractivity contribution in [3.63, 3.8) is 0 Å². The highest BCUT2D eigenvalue weighted by Gasteiger charge is 2.34. The molecule has 2 rings (SSSR count). The average molecular weight is 295 g/mol. The Morgan fingerprint density at radius 1 is 1.39 bits per heavy atom. The molecule has 0 aliphatic carbocycles. The molecule has 104 valence electrons. The Hall–Kier alpha value is -0.630. The normalized spacial score (nSPS) is 21.6. The van der Waals surface area contributed by atoms with Gasteiger partial charge in [0.25, 0.3) is 0 Å². The van der Waals surface area contributed by atoms with Crippen LogP contribution in [0.2, 0.25) is 0 Å². The lowest BCUT2D eigenvalue weighted by Gasteiger charge is -2.32. The summed E-state index contributed by atoms with van der Waals surface area (Å²) in [6.45, 7) is 7.25. The second-order valence-electron chi connectivity index (χ2n) is 4.43. The third-order valence-corrected chi connectivity index (χ3v) is 5.34.